The molecule has 118 valence electrons. The van der Waals surface area contributed by atoms with Crippen LogP contribution in [0.3, 0.4) is 0 Å². The quantitative estimate of drug-likeness (QED) is 0.768. The predicted octanol–water partition coefficient (Wildman–Crippen LogP) is 3.52. The van der Waals surface area contributed by atoms with E-state index in [2.05, 4.69) is 41.6 Å². The SMILES string of the molecule is CCOC(=O)CC(C)N[C@H](C)Cc1c[nH]c2ccccc12.[HH].[HH]. The fraction of sp³-hybridized carbons (Fsp3) is 0.471. The van der Waals surface area contributed by atoms with Gasteiger partial charge in [-0.15, -0.1) is 0 Å². The minimum absolute atomic E-state index is 0. The van der Waals surface area contributed by atoms with Crippen molar-refractivity contribution in [1.29, 1.82) is 0 Å². The smallest absolute Gasteiger partial charge is 0.307 e. The van der Waals surface area contributed by atoms with Gasteiger partial charge in [0.05, 0.1) is 13.0 Å². The molecule has 0 bridgehead atoms. The molecule has 2 atom stereocenters. The zero-order chi connectivity index (χ0) is 15.2. The summed E-state index contributed by atoms with van der Waals surface area (Å²) in [5, 5.41) is 4.73. The number of nitrogens with one attached hydrogen (secondary N) is 2. The van der Waals surface area contributed by atoms with Gasteiger partial charge < -0.3 is 15.0 Å². The zero-order valence-corrected chi connectivity index (χ0v) is 13.0. The molecule has 2 aromatic rings. The van der Waals surface area contributed by atoms with E-state index in [9.17, 15) is 4.79 Å². The molecule has 2 N–H and O–H groups in total. The number of hydrogen-bond donors (Lipinski definition) is 2. The summed E-state index contributed by atoms with van der Waals surface area (Å²) in [6.07, 6.45) is 3.40. The fourth-order valence-corrected chi connectivity index (χ4v) is 2.70. The molecule has 0 aliphatic heterocycles. The number of carbonyl (C=O) groups excluding carboxylic acids is 1. The lowest BCUT2D eigenvalue weighted by Gasteiger charge is -2.19. The molecule has 0 amide bonds. The highest BCUT2D eigenvalue weighted by atomic mass is 16.5. The van der Waals surface area contributed by atoms with Gasteiger partial charge in [-0.1, -0.05) is 18.2 Å². The van der Waals surface area contributed by atoms with Crippen LogP contribution in [0.2, 0.25) is 0 Å². The minimum Gasteiger partial charge on any atom is -0.466 e. The predicted molar refractivity (Wildman–Crippen MR) is 89.5 cm³/mol. The highest BCUT2D eigenvalue weighted by Gasteiger charge is 2.14. The van der Waals surface area contributed by atoms with Gasteiger partial charge in [0, 0.05) is 32.0 Å². The normalized spacial score (nSPS) is 14.0. The maximum absolute atomic E-state index is 11.5. The Hall–Kier alpha value is -1.81. The molecule has 0 aliphatic rings. The fourth-order valence-electron chi connectivity index (χ4n) is 2.70. The highest BCUT2D eigenvalue weighted by Crippen LogP contribution is 2.19. The van der Waals surface area contributed by atoms with E-state index in [0.29, 0.717) is 19.1 Å². The Morgan fingerprint density at radius 2 is 2.10 bits per heavy atom. The second kappa shape index (κ2) is 7.27. The summed E-state index contributed by atoms with van der Waals surface area (Å²) in [7, 11) is 0. The molecule has 1 aromatic carbocycles. The van der Waals surface area contributed by atoms with Crippen LogP contribution in [0.4, 0.5) is 0 Å². The lowest BCUT2D eigenvalue weighted by molar-refractivity contribution is -0.143. The highest BCUT2D eigenvalue weighted by molar-refractivity contribution is 5.83. The van der Waals surface area contributed by atoms with Crippen molar-refractivity contribution in [3.8, 4) is 0 Å². The lowest BCUT2D eigenvalue weighted by atomic mass is 10.1. The number of aromatic nitrogens is 1. The molecule has 2 rings (SSSR count). The summed E-state index contributed by atoms with van der Waals surface area (Å²) < 4.78 is 4.97. The molecule has 0 radical (unpaired) electrons. The second-order valence-electron chi connectivity index (χ2n) is 5.54. The summed E-state index contributed by atoms with van der Waals surface area (Å²) in [6, 6.07) is 8.72. The van der Waals surface area contributed by atoms with Crippen LogP contribution in [0.25, 0.3) is 10.9 Å². The van der Waals surface area contributed by atoms with Crippen molar-refractivity contribution in [2.75, 3.05) is 6.61 Å². The van der Waals surface area contributed by atoms with Gasteiger partial charge in [-0.25, -0.2) is 0 Å². The maximum Gasteiger partial charge on any atom is 0.307 e. The number of carbonyl (C=O) groups is 1. The van der Waals surface area contributed by atoms with Crippen LogP contribution in [-0.2, 0) is 16.0 Å². The van der Waals surface area contributed by atoms with Gasteiger partial charge in [-0.05, 0) is 38.8 Å². The summed E-state index contributed by atoms with van der Waals surface area (Å²) in [6.45, 7) is 6.43. The molecule has 1 unspecified atom stereocenters. The monoisotopic (exact) mass is 292 g/mol. The molecule has 4 nitrogen and oxygen atoms in total. The van der Waals surface area contributed by atoms with Gasteiger partial charge in [0.2, 0.25) is 0 Å². The molecule has 0 saturated carbocycles. The molecule has 0 spiro atoms. The third kappa shape index (κ3) is 4.33. The van der Waals surface area contributed by atoms with Gasteiger partial charge in [-0.3, -0.25) is 4.79 Å². The molecule has 4 heteroatoms. The van der Waals surface area contributed by atoms with Crippen LogP contribution >= 0.6 is 0 Å². The Morgan fingerprint density at radius 3 is 2.86 bits per heavy atom. The van der Waals surface area contributed by atoms with E-state index < -0.39 is 0 Å². The number of hydrogen-bond acceptors (Lipinski definition) is 3. The number of fused-ring (bicyclic) bond motifs is 1. The molecule has 1 aromatic heterocycles. The Labute approximate surface area is 128 Å². The molecule has 21 heavy (non-hydrogen) atoms. The molecule has 0 fully saturated rings. The molecule has 0 aliphatic carbocycles. The van der Waals surface area contributed by atoms with E-state index in [0.717, 1.165) is 6.42 Å². The number of rotatable bonds is 7. The van der Waals surface area contributed by atoms with Gasteiger partial charge in [0.15, 0.2) is 0 Å². The first-order valence-electron chi connectivity index (χ1n) is 7.56. The van der Waals surface area contributed by atoms with E-state index in [1.54, 1.807) is 0 Å². The number of para-hydroxylation sites is 1. The van der Waals surface area contributed by atoms with Crippen molar-refractivity contribution in [3.05, 3.63) is 36.0 Å². The average molecular weight is 292 g/mol. The van der Waals surface area contributed by atoms with Crippen molar-refractivity contribution in [2.24, 2.45) is 0 Å². The third-order valence-corrected chi connectivity index (χ3v) is 3.55. The topological polar surface area (TPSA) is 54.1 Å². The van der Waals surface area contributed by atoms with Gasteiger partial charge in [-0.2, -0.15) is 0 Å². The van der Waals surface area contributed by atoms with Crippen molar-refractivity contribution in [3.63, 3.8) is 0 Å². The number of benzene rings is 1. The summed E-state index contributed by atoms with van der Waals surface area (Å²) >= 11 is 0. The van der Waals surface area contributed by atoms with Crippen LogP contribution in [0, 0.1) is 0 Å². The number of aromatic amines is 1. The first-order chi connectivity index (χ1) is 10.1. The molecule has 1 heterocycles. The largest absolute Gasteiger partial charge is 0.466 e. The van der Waals surface area contributed by atoms with Crippen LogP contribution in [0.5, 0.6) is 0 Å². The maximum atomic E-state index is 11.5. The standard InChI is InChI=1S/C17H24N2O2.2H2/c1-4-21-17(20)10-13(3)19-12(2)9-14-11-18-16-8-6-5-7-15(14)16;;/h5-8,11-13,18-19H,4,9-10H2,1-3H3;2*1H/t12-,13?;;/m1../s1. The van der Waals surface area contributed by atoms with Crippen LogP contribution in [-0.4, -0.2) is 29.6 Å². The first kappa shape index (κ1) is 15.6. The van der Waals surface area contributed by atoms with Gasteiger partial charge in [0.25, 0.3) is 0 Å². The van der Waals surface area contributed by atoms with E-state index in [4.69, 9.17) is 4.74 Å². The van der Waals surface area contributed by atoms with Crippen molar-refractivity contribution in [2.45, 2.75) is 45.7 Å². The Kier molecular flexibility index (Phi) is 5.39. The number of ether oxygens (including phenoxy) is 1. The molecular weight excluding hydrogens is 264 g/mol. The Balaban J connectivity index is 0.00000242. The third-order valence-electron chi connectivity index (χ3n) is 3.55. The summed E-state index contributed by atoms with van der Waals surface area (Å²) in [4.78, 5) is 14.8. The number of H-pyrrole nitrogens is 1. The van der Waals surface area contributed by atoms with Crippen molar-refractivity contribution < 1.29 is 12.4 Å². The van der Waals surface area contributed by atoms with E-state index in [1.807, 2.05) is 19.9 Å². The van der Waals surface area contributed by atoms with E-state index in [1.165, 1.54) is 16.5 Å². The average Bonchev–Trinajstić information content (AvgIpc) is 2.82. The first-order valence-corrected chi connectivity index (χ1v) is 7.56. The summed E-state index contributed by atoms with van der Waals surface area (Å²) in [5.41, 5.74) is 2.47. The summed E-state index contributed by atoms with van der Waals surface area (Å²) in [5.74, 6) is -0.142. The van der Waals surface area contributed by atoms with E-state index >= 15 is 0 Å². The molecule has 0 saturated heterocycles. The molecular formula is C17H28N2O2. The van der Waals surface area contributed by atoms with Crippen LogP contribution < -0.4 is 5.32 Å². The van der Waals surface area contributed by atoms with Crippen LogP contribution in [0.1, 0.15) is 35.6 Å². The lowest BCUT2D eigenvalue weighted by Crippen LogP contribution is -2.37. The Bertz CT molecular complexity index is 601. The van der Waals surface area contributed by atoms with Gasteiger partial charge >= 0.3 is 5.97 Å². The van der Waals surface area contributed by atoms with Crippen molar-refractivity contribution in [1.82, 2.24) is 10.3 Å². The second-order valence-corrected chi connectivity index (χ2v) is 5.54. The zero-order valence-electron chi connectivity index (χ0n) is 13.0. The van der Waals surface area contributed by atoms with E-state index in [-0.39, 0.29) is 14.9 Å². The van der Waals surface area contributed by atoms with Crippen molar-refractivity contribution >= 4 is 16.9 Å². The van der Waals surface area contributed by atoms with Gasteiger partial charge in [0.1, 0.15) is 0 Å². The van der Waals surface area contributed by atoms with Crippen LogP contribution in [0.15, 0.2) is 30.5 Å². The Morgan fingerprint density at radius 1 is 1.33 bits per heavy atom. The minimum atomic E-state index is -0.142. The number of esters is 1.